The van der Waals surface area contributed by atoms with Gasteiger partial charge in [-0.05, 0) is 30.5 Å². The molecule has 0 amide bonds. The van der Waals surface area contributed by atoms with Crippen LogP contribution in [0.15, 0.2) is 35.2 Å². The summed E-state index contributed by atoms with van der Waals surface area (Å²) >= 11 is 17.7. The maximum Gasteiger partial charge on any atom is 0.252 e. The van der Waals surface area contributed by atoms with Crippen LogP contribution in [0.2, 0.25) is 0 Å². The van der Waals surface area contributed by atoms with Crippen molar-refractivity contribution in [2.75, 3.05) is 6.54 Å². The molecule has 19 heavy (non-hydrogen) atoms. The molecule has 0 aliphatic rings. The average Bonchev–Trinajstić information content (AvgIpc) is 2.34. The van der Waals surface area contributed by atoms with E-state index in [9.17, 15) is 8.42 Å². The lowest BCUT2D eigenvalue weighted by atomic mass is 10.3. The Balaban J connectivity index is 3.02. The summed E-state index contributed by atoms with van der Waals surface area (Å²) < 4.78 is 24.3. The highest BCUT2D eigenvalue weighted by atomic mass is 35.6. The molecule has 0 saturated heterocycles. The van der Waals surface area contributed by atoms with E-state index in [0.29, 0.717) is 24.9 Å². The topological polar surface area (TPSA) is 37.4 Å². The Bertz CT molecular complexity index is 488. The minimum absolute atomic E-state index is 0.188. The van der Waals surface area contributed by atoms with Crippen LogP contribution in [0.25, 0.3) is 0 Å². The van der Waals surface area contributed by atoms with Crippen LogP contribution >= 0.6 is 46.8 Å². The lowest BCUT2D eigenvalue weighted by Gasteiger charge is -2.24. The highest BCUT2D eigenvalue weighted by Crippen LogP contribution is 2.43. The Morgan fingerprint density at radius 1 is 1.21 bits per heavy atom. The smallest absolute Gasteiger partial charge is 0.206 e. The number of benzene rings is 1. The quantitative estimate of drug-likeness (QED) is 0.554. The molecule has 0 atom stereocenters. The molecule has 0 heterocycles. The molecule has 1 aromatic rings. The summed E-state index contributed by atoms with van der Waals surface area (Å²) in [5.41, 5.74) is 0. The summed E-state index contributed by atoms with van der Waals surface area (Å²) in [6, 6.07) is 8.10. The van der Waals surface area contributed by atoms with Crippen LogP contribution in [0.5, 0.6) is 0 Å². The summed E-state index contributed by atoms with van der Waals surface area (Å²) in [5, 5.41) is 0. The van der Waals surface area contributed by atoms with Gasteiger partial charge in [-0.15, -0.1) is 3.71 Å². The van der Waals surface area contributed by atoms with E-state index in [1.54, 1.807) is 18.2 Å². The molecular formula is C11H14Cl3NO2S2. The van der Waals surface area contributed by atoms with Gasteiger partial charge in [-0.25, -0.2) is 8.42 Å². The number of hydrogen-bond acceptors (Lipinski definition) is 3. The minimum Gasteiger partial charge on any atom is -0.206 e. The second kappa shape index (κ2) is 7.38. The molecule has 0 aliphatic heterocycles. The molecule has 0 spiro atoms. The van der Waals surface area contributed by atoms with E-state index in [1.807, 2.05) is 6.92 Å². The lowest BCUT2D eigenvalue weighted by molar-refractivity contribution is 0.532. The van der Waals surface area contributed by atoms with Gasteiger partial charge < -0.3 is 0 Å². The monoisotopic (exact) mass is 361 g/mol. The predicted molar refractivity (Wildman–Crippen MR) is 83.1 cm³/mol. The number of rotatable bonds is 6. The second-order valence-electron chi connectivity index (χ2n) is 3.74. The van der Waals surface area contributed by atoms with Gasteiger partial charge in [0.25, 0.3) is 13.1 Å². The van der Waals surface area contributed by atoms with Crippen LogP contribution in [-0.2, 0) is 10.0 Å². The predicted octanol–water partition coefficient (Wildman–Crippen LogP) is 4.45. The Morgan fingerprint density at radius 2 is 1.79 bits per heavy atom. The third-order valence-electron chi connectivity index (χ3n) is 2.21. The van der Waals surface area contributed by atoms with Crippen LogP contribution in [0, 0.1) is 0 Å². The van der Waals surface area contributed by atoms with E-state index in [2.05, 4.69) is 0 Å². The molecule has 1 rings (SSSR count). The molecule has 0 aliphatic carbocycles. The normalized spacial score (nSPS) is 12.9. The molecule has 0 unspecified atom stereocenters. The van der Waals surface area contributed by atoms with Crippen molar-refractivity contribution < 1.29 is 8.42 Å². The molecule has 8 heteroatoms. The maximum atomic E-state index is 12.4. The van der Waals surface area contributed by atoms with E-state index >= 15 is 0 Å². The number of hydrogen-bond donors (Lipinski definition) is 0. The van der Waals surface area contributed by atoms with Crippen LogP contribution in [0.4, 0.5) is 0 Å². The summed E-state index contributed by atoms with van der Waals surface area (Å²) in [7, 11) is -3.66. The first-order chi connectivity index (χ1) is 8.77. The highest BCUT2D eigenvalue weighted by Gasteiger charge is 2.33. The highest BCUT2D eigenvalue weighted by molar-refractivity contribution is 8.11. The molecule has 0 fully saturated rings. The standard InChI is InChI=1S/C11H14Cl3NO2S2/c1-2-3-9-15(18-11(12,13)14)19(16,17)10-7-5-4-6-8-10/h4-8H,2-3,9H2,1H3. The molecule has 0 radical (unpaired) electrons. The van der Waals surface area contributed by atoms with Gasteiger partial charge in [0.05, 0.1) is 4.90 Å². The van der Waals surface area contributed by atoms with Crippen molar-refractivity contribution in [2.24, 2.45) is 0 Å². The van der Waals surface area contributed by atoms with E-state index in [0.717, 1.165) is 10.1 Å². The first-order valence-corrected chi connectivity index (χ1v) is 8.96. The van der Waals surface area contributed by atoms with Gasteiger partial charge in [0, 0.05) is 6.54 Å². The van der Waals surface area contributed by atoms with Crippen LogP contribution in [0.3, 0.4) is 0 Å². The maximum absolute atomic E-state index is 12.4. The van der Waals surface area contributed by atoms with Crippen LogP contribution in [0.1, 0.15) is 19.8 Å². The zero-order valence-electron chi connectivity index (χ0n) is 10.2. The van der Waals surface area contributed by atoms with Crippen molar-refractivity contribution in [3.05, 3.63) is 30.3 Å². The number of nitrogens with zero attached hydrogens (tertiary/aromatic N) is 1. The van der Waals surface area contributed by atoms with Crippen molar-refractivity contribution in [3.8, 4) is 0 Å². The third kappa shape index (κ3) is 5.69. The van der Waals surface area contributed by atoms with Crippen LogP contribution < -0.4 is 0 Å². The van der Waals surface area contributed by atoms with Crippen molar-refractivity contribution >= 4 is 56.8 Å². The van der Waals surface area contributed by atoms with E-state index in [1.165, 1.54) is 12.1 Å². The molecule has 0 bridgehead atoms. The van der Waals surface area contributed by atoms with Gasteiger partial charge in [0.1, 0.15) is 0 Å². The molecule has 0 saturated carbocycles. The van der Waals surface area contributed by atoms with E-state index in [-0.39, 0.29) is 4.90 Å². The average molecular weight is 363 g/mol. The van der Waals surface area contributed by atoms with Gasteiger partial charge in [0.15, 0.2) is 0 Å². The Hall–Kier alpha value is 0.350. The number of alkyl halides is 3. The SMILES string of the molecule is CCCCN(SC(Cl)(Cl)Cl)S(=O)(=O)c1ccccc1. The third-order valence-corrected chi connectivity index (χ3v) is 5.82. The van der Waals surface area contributed by atoms with Gasteiger partial charge in [-0.1, -0.05) is 66.3 Å². The van der Waals surface area contributed by atoms with Gasteiger partial charge >= 0.3 is 0 Å². The Labute approximate surface area is 133 Å². The molecule has 3 nitrogen and oxygen atoms in total. The number of unbranched alkanes of at least 4 members (excludes halogenated alkanes) is 1. The largest absolute Gasteiger partial charge is 0.252 e. The zero-order valence-corrected chi connectivity index (χ0v) is 14.1. The molecule has 0 N–H and O–H groups in total. The molecule has 108 valence electrons. The summed E-state index contributed by atoms with van der Waals surface area (Å²) in [5.74, 6) is 0. The Kier molecular flexibility index (Phi) is 6.76. The lowest BCUT2D eigenvalue weighted by Crippen LogP contribution is -2.28. The summed E-state index contributed by atoms with van der Waals surface area (Å²) in [6.45, 7) is 2.26. The second-order valence-corrected chi connectivity index (χ2v) is 10.0. The first-order valence-electron chi connectivity index (χ1n) is 5.61. The minimum atomic E-state index is -3.66. The van der Waals surface area contributed by atoms with Gasteiger partial charge in [0.2, 0.25) is 0 Å². The summed E-state index contributed by atoms with van der Waals surface area (Å²) in [6.07, 6.45) is 1.54. The molecular weight excluding hydrogens is 349 g/mol. The van der Waals surface area contributed by atoms with E-state index in [4.69, 9.17) is 34.8 Å². The molecule has 1 aromatic carbocycles. The van der Waals surface area contributed by atoms with Gasteiger partial charge in [-0.3, -0.25) is 0 Å². The van der Waals surface area contributed by atoms with Crippen LogP contribution in [-0.4, -0.2) is 21.8 Å². The van der Waals surface area contributed by atoms with Gasteiger partial charge in [-0.2, -0.15) is 0 Å². The fourth-order valence-corrected chi connectivity index (χ4v) is 4.99. The fraction of sp³-hybridized carbons (Fsp3) is 0.455. The summed E-state index contributed by atoms with van der Waals surface area (Å²) in [4.78, 5) is 0.188. The van der Waals surface area contributed by atoms with Crippen molar-refractivity contribution in [2.45, 2.75) is 27.8 Å². The number of halogens is 3. The van der Waals surface area contributed by atoms with Crippen molar-refractivity contribution in [1.29, 1.82) is 0 Å². The first kappa shape index (κ1) is 17.4. The fourth-order valence-electron chi connectivity index (χ4n) is 1.33. The van der Waals surface area contributed by atoms with E-state index < -0.39 is 13.1 Å². The number of sulfonamides is 1. The Morgan fingerprint density at radius 3 is 2.26 bits per heavy atom. The van der Waals surface area contributed by atoms with Crippen molar-refractivity contribution in [3.63, 3.8) is 0 Å². The van der Waals surface area contributed by atoms with Crippen molar-refractivity contribution in [1.82, 2.24) is 3.71 Å². The zero-order chi connectivity index (χ0) is 14.5. The molecule has 0 aromatic heterocycles.